The van der Waals surface area contributed by atoms with Gasteiger partial charge in [-0.3, -0.25) is 0 Å². The molecular weight excluding hydrogens is 174 g/mol. The zero-order chi connectivity index (χ0) is 9.84. The van der Waals surface area contributed by atoms with Crippen LogP contribution in [0.3, 0.4) is 0 Å². The molecule has 0 amide bonds. The molecule has 1 aromatic heterocycles. The number of aliphatic hydroxyl groups excluding tert-OH is 1. The monoisotopic (exact) mass is 185 g/mol. The fraction of sp³-hybridized carbons (Fsp3) is 0.571. The molecule has 6 nitrogen and oxygen atoms in total. The van der Waals surface area contributed by atoms with Crippen molar-refractivity contribution in [2.45, 2.75) is 19.6 Å². The molecule has 0 saturated carbocycles. The third-order valence-electron chi connectivity index (χ3n) is 1.72. The van der Waals surface area contributed by atoms with Crippen LogP contribution in [0.2, 0.25) is 0 Å². The Morgan fingerprint density at radius 3 is 3.08 bits per heavy atom. The van der Waals surface area contributed by atoms with Crippen LogP contribution in [0.25, 0.3) is 0 Å². The van der Waals surface area contributed by atoms with Gasteiger partial charge in [-0.15, -0.1) is 5.10 Å². The molecule has 72 valence electrons. The Morgan fingerprint density at radius 1 is 1.85 bits per heavy atom. The molecule has 0 radical (unpaired) electrons. The van der Waals surface area contributed by atoms with E-state index in [9.17, 15) is 4.79 Å². The summed E-state index contributed by atoms with van der Waals surface area (Å²) in [7, 11) is 1.30. The van der Waals surface area contributed by atoms with Gasteiger partial charge in [-0.25, -0.2) is 9.48 Å². The molecule has 13 heavy (non-hydrogen) atoms. The summed E-state index contributed by atoms with van der Waals surface area (Å²) in [5.41, 5.74) is 0.484. The molecule has 0 bridgehead atoms. The Bertz CT molecular complexity index is 297. The number of carbonyl (C=O) groups is 1. The second kappa shape index (κ2) is 3.99. The van der Waals surface area contributed by atoms with Crippen LogP contribution in [0.5, 0.6) is 0 Å². The number of rotatable bonds is 3. The van der Waals surface area contributed by atoms with Crippen LogP contribution in [0, 0.1) is 0 Å². The molecular formula is C7H11N3O3. The Balaban J connectivity index is 2.87. The Kier molecular flexibility index (Phi) is 2.97. The van der Waals surface area contributed by atoms with Gasteiger partial charge in [0.05, 0.1) is 25.6 Å². The van der Waals surface area contributed by atoms with Gasteiger partial charge in [0.1, 0.15) is 6.04 Å². The van der Waals surface area contributed by atoms with Crippen LogP contribution in [0.15, 0.2) is 6.20 Å². The largest absolute Gasteiger partial charge is 0.467 e. The number of hydrogen-bond acceptors (Lipinski definition) is 5. The first-order valence-electron chi connectivity index (χ1n) is 3.78. The van der Waals surface area contributed by atoms with E-state index in [2.05, 4.69) is 15.0 Å². The number of esters is 1. The maximum atomic E-state index is 11.1. The molecule has 1 N–H and O–H groups in total. The second-order valence-corrected chi connectivity index (χ2v) is 2.53. The van der Waals surface area contributed by atoms with Crippen molar-refractivity contribution in [3.8, 4) is 0 Å². The average molecular weight is 185 g/mol. The lowest BCUT2D eigenvalue weighted by Gasteiger charge is -2.10. The molecule has 0 spiro atoms. The Hall–Kier alpha value is -1.43. The fourth-order valence-electron chi connectivity index (χ4n) is 0.975. The summed E-state index contributed by atoms with van der Waals surface area (Å²) in [5.74, 6) is -0.416. The van der Waals surface area contributed by atoms with Crippen LogP contribution >= 0.6 is 0 Å². The summed E-state index contributed by atoms with van der Waals surface area (Å²) in [6, 6.07) is -0.561. The molecule has 0 unspecified atom stereocenters. The van der Waals surface area contributed by atoms with E-state index in [-0.39, 0.29) is 6.61 Å². The van der Waals surface area contributed by atoms with Crippen molar-refractivity contribution in [2.24, 2.45) is 0 Å². The minimum atomic E-state index is -0.561. The van der Waals surface area contributed by atoms with Crippen LogP contribution in [-0.4, -0.2) is 33.2 Å². The van der Waals surface area contributed by atoms with Crippen molar-refractivity contribution < 1.29 is 14.6 Å². The number of ether oxygens (including phenoxy) is 1. The quantitative estimate of drug-likeness (QED) is 0.642. The van der Waals surface area contributed by atoms with Crippen LogP contribution in [-0.2, 0) is 16.1 Å². The van der Waals surface area contributed by atoms with Gasteiger partial charge in [-0.05, 0) is 6.92 Å². The van der Waals surface area contributed by atoms with Gasteiger partial charge in [0.2, 0.25) is 0 Å². The predicted molar refractivity (Wildman–Crippen MR) is 42.7 cm³/mol. The summed E-state index contributed by atoms with van der Waals surface area (Å²) in [4.78, 5) is 11.1. The number of aliphatic hydroxyl groups is 1. The van der Waals surface area contributed by atoms with Crippen molar-refractivity contribution in [1.82, 2.24) is 15.0 Å². The average Bonchev–Trinajstić information content (AvgIpc) is 2.62. The van der Waals surface area contributed by atoms with E-state index in [1.54, 1.807) is 6.92 Å². The highest BCUT2D eigenvalue weighted by atomic mass is 16.5. The van der Waals surface area contributed by atoms with E-state index in [0.717, 1.165) is 0 Å². The molecule has 1 aromatic rings. The standard InChI is InChI=1S/C7H11N3O3/c1-5(7(12)13-2)10-6(4-11)3-8-9-10/h3,5,11H,4H2,1-2H3/t5-/m0/s1. The van der Waals surface area contributed by atoms with Gasteiger partial charge in [-0.1, -0.05) is 5.21 Å². The topological polar surface area (TPSA) is 77.2 Å². The zero-order valence-electron chi connectivity index (χ0n) is 7.47. The second-order valence-electron chi connectivity index (χ2n) is 2.53. The first-order valence-corrected chi connectivity index (χ1v) is 3.78. The summed E-state index contributed by atoms with van der Waals surface area (Å²) in [6.07, 6.45) is 1.40. The lowest BCUT2D eigenvalue weighted by molar-refractivity contribution is -0.144. The minimum Gasteiger partial charge on any atom is -0.467 e. The highest BCUT2D eigenvalue weighted by molar-refractivity contribution is 5.73. The third kappa shape index (κ3) is 1.83. The predicted octanol–water partition coefficient (Wildman–Crippen LogP) is -0.496. The van der Waals surface area contributed by atoms with Crippen molar-refractivity contribution in [2.75, 3.05) is 7.11 Å². The Labute approximate surface area is 75.1 Å². The molecule has 1 atom stereocenters. The number of methoxy groups -OCH3 is 1. The first kappa shape index (κ1) is 9.66. The molecule has 1 rings (SSSR count). The lowest BCUT2D eigenvalue weighted by Crippen LogP contribution is -2.20. The van der Waals surface area contributed by atoms with Gasteiger partial charge in [0.15, 0.2) is 0 Å². The molecule has 0 aliphatic rings. The van der Waals surface area contributed by atoms with Gasteiger partial charge in [-0.2, -0.15) is 0 Å². The van der Waals surface area contributed by atoms with Crippen LogP contribution in [0.4, 0.5) is 0 Å². The highest BCUT2D eigenvalue weighted by Crippen LogP contribution is 2.08. The molecule has 0 aliphatic carbocycles. The van der Waals surface area contributed by atoms with Crippen molar-refractivity contribution in [1.29, 1.82) is 0 Å². The van der Waals surface area contributed by atoms with Gasteiger partial charge < -0.3 is 9.84 Å². The summed E-state index contributed by atoms with van der Waals surface area (Å²) in [5, 5.41) is 16.1. The van der Waals surface area contributed by atoms with Gasteiger partial charge >= 0.3 is 5.97 Å². The molecule has 0 saturated heterocycles. The van der Waals surface area contributed by atoms with E-state index in [1.807, 2.05) is 0 Å². The zero-order valence-corrected chi connectivity index (χ0v) is 7.47. The summed E-state index contributed by atoms with van der Waals surface area (Å²) >= 11 is 0. The Morgan fingerprint density at radius 2 is 2.54 bits per heavy atom. The van der Waals surface area contributed by atoms with E-state index >= 15 is 0 Å². The maximum Gasteiger partial charge on any atom is 0.330 e. The first-order chi connectivity index (χ1) is 6.20. The summed E-state index contributed by atoms with van der Waals surface area (Å²) < 4.78 is 5.85. The van der Waals surface area contributed by atoms with E-state index < -0.39 is 12.0 Å². The maximum absolute atomic E-state index is 11.1. The van der Waals surface area contributed by atoms with Crippen molar-refractivity contribution >= 4 is 5.97 Å². The van der Waals surface area contributed by atoms with Crippen LogP contribution < -0.4 is 0 Å². The SMILES string of the molecule is COC(=O)[C@H](C)n1nncc1CO. The van der Waals surface area contributed by atoms with Gasteiger partial charge in [0.25, 0.3) is 0 Å². The van der Waals surface area contributed by atoms with E-state index in [4.69, 9.17) is 5.11 Å². The molecule has 0 aliphatic heterocycles. The van der Waals surface area contributed by atoms with E-state index in [0.29, 0.717) is 5.69 Å². The number of carbonyl (C=O) groups excluding carboxylic acids is 1. The molecule has 0 fully saturated rings. The van der Waals surface area contributed by atoms with Crippen molar-refractivity contribution in [3.63, 3.8) is 0 Å². The number of hydrogen-bond donors (Lipinski definition) is 1. The van der Waals surface area contributed by atoms with Gasteiger partial charge in [0, 0.05) is 0 Å². The highest BCUT2D eigenvalue weighted by Gasteiger charge is 2.18. The van der Waals surface area contributed by atoms with E-state index in [1.165, 1.54) is 18.0 Å². The molecule has 6 heteroatoms. The lowest BCUT2D eigenvalue weighted by atomic mass is 10.3. The fourth-order valence-corrected chi connectivity index (χ4v) is 0.975. The normalized spacial score (nSPS) is 12.5. The number of nitrogens with zero attached hydrogens (tertiary/aromatic N) is 3. The number of aromatic nitrogens is 3. The van der Waals surface area contributed by atoms with Crippen LogP contribution in [0.1, 0.15) is 18.7 Å². The molecule has 1 heterocycles. The minimum absolute atomic E-state index is 0.200. The summed E-state index contributed by atoms with van der Waals surface area (Å²) in [6.45, 7) is 1.42. The molecule has 0 aromatic carbocycles. The van der Waals surface area contributed by atoms with Crippen molar-refractivity contribution in [3.05, 3.63) is 11.9 Å². The smallest absolute Gasteiger partial charge is 0.330 e. The third-order valence-corrected chi connectivity index (χ3v) is 1.72.